The monoisotopic (exact) mass is 471 g/mol. The Labute approximate surface area is 154 Å². The van der Waals surface area contributed by atoms with Gasteiger partial charge in [0.1, 0.15) is 12.4 Å². The van der Waals surface area contributed by atoms with Crippen molar-refractivity contribution >= 4 is 40.2 Å². The number of ether oxygens (including phenoxy) is 3. The van der Waals surface area contributed by atoms with E-state index in [0.717, 1.165) is 25.2 Å². The van der Waals surface area contributed by atoms with Gasteiger partial charge < -0.3 is 19.1 Å². The zero-order valence-corrected chi connectivity index (χ0v) is 15.3. The van der Waals surface area contributed by atoms with Gasteiger partial charge in [-0.15, -0.1) is 0 Å². The second-order valence-corrected chi connectivity index (χ2v) is 6.04. The highest BCUT2D eigenvalue weighted by Gasteiger charge is 2.36. The molecular formula is C15H13F3INO5. The van der Waals surface area contributed by atoms with Crippen molar-refractivity contribution in [1.29, 1.82) is 0 Å². The first-order chi connectivity index (χ1) is 11.7. The Morgan fingerprint density at radius 1 is 1.20 bits per heavy atom. The number of hydrogen-bond acceptors (Lipinski definition) is 6. The predicted octanol–water partition coefficient (Wildman–Crippen LogP) is 2.70. The van der Waals surface area contributed by atoms with Crippen molar-refractivity contribution in [3.05, 3.63) is 38.6 Å². The quantitative estimate of drug-likeness (QED) is 0.499. The first-order valence-electron chi connectivity index (χ1n) is 6.82. The molecule has 0 unspecified atom stereocenters. The molecule has 1 heterocycles. The number of methoxy groups -OCH3 is 2. The third-order valence-corrected chi connectivity index (χ3v) is 4.34. The number of nitrogens with zero attached hydrogens (tertiary/aromatic N) is 1. The summed E-state index contributed by atoms with van der Waals surface area (Å²) in [6.07, 6.45) is -4.57. The Balaban J connectivity index is 2.60. The van der Waals surface area contributed by atoms with Gasteiger partial charge in [0.2, 0.25) is 0 Å². The SMILES string of the molecule is COC(=O)C1=C(C(=O)OC)N(c2ccc(I)c(C(F)(F)F)c2)COC1. The number of esters is 2. The van der Waals surface area contributed by atoms with Crippen LogP contribution in [0.25, 0.3) is 0 Å². The largest absolute Gasteiger partial charge is 0.466 e. The number of carbonyl (C=O) groups excluding carboxylic acids is 2. The van der Waals surface area contributed by atoms with Crippen LogP contribution in [0.1, 0.15) is 5.56 Å². The number of hydrogen-bond donors (Lipinski definition) is 0. The van der Waals surface area contributed by atoms with E-state index in [1.54, 1.807) is 22.6 Å². The van der Waals surface area contributed by atoms with Gasteiger partial charge in [-0.05, 0) is 40.8 Å². The average Bonchev–Trinajstić information content (AvgIpc) is 2.59. The lowest BCUT2D eigenvalue weighted by molar-refractivity contribution is -0.140. The highest BCUT2D eigenvalue weighted by atomic mass is 127. The number of alkyl halides is 3. The van der Waals surface area contributed by atoms with E-state index in [1.807, 2.05) is 0 Å². The fourth-order valence-corrected chi connectivity index (χ4v) is 2.89. The molecule has 1 aliphatic rings. The van der Waals surface area contributed by atoms with Gasteiger partial charge in [-0.25, -0.2) is 9.59 Å². The Hall–Kier alpha value is -1.82. The summed E-state index contributed by atoms with van der Waals surface area (Å²) in [5, 5.41) is 0. The van der Waals surface area contributed by atoms with Gasteiger partial charge in [-0.2, -0.15) is 13.2 Å². The lowest BCUT2D eigenvalue weighted by atomic mass is 10.1. The molecule has 0 spiro atoms. The number of carbonyl (C=O) groups is 2. The number of benzene rings is 1. The van der Waals surface area contributed by atoms with Crippen LogP contribution in [0.5, 0.6) is 0 Å². The van der Waals surface area contributed by atoms with Crippen LogP contribution < -0.4 is 4.90 Å². The maximum atomic E-state index is 13.1. The molecule has 2 rings (SSSR count). The summed E-state index contributed by atoms with van der Waals surface area (Å²) in [4.78, 5) is 25.1. The van der Waals surface area contributed by atoms with Crippen molar-refractivity contribution in [2.75, 3.05) is 32.5 Å². The van der Waals surface area contributed by atoms with Crippen molar-refractivity contribution in [3.8, 4) is 0 Å². The van der Waals surface area contributed by atoms with Gasteiger partial charge in [0.15, 0.2) is 0 Å². The molecule has 6 nitrogen and oxygen atoms in total. The topological polar surface area (TPSA) is 65.1 Å². The van der Waals surface area contributed by atoms with Gasteiger partial charge in [-0.1, -0.05) is 0 Å². The lowest BCUT2D eigenvalue weighted by Gasteiger charge is -2.31. The lowest BCUT2D eigenvalue weighted by Crippen LogP contribution is -2.38. The molecule has 0 aliphatic carbocycles. The van der Waals surface area contributed by atoms with E-state index in [0.29, 0.717) is 0 Å². The molecule has 0 aromatic heterocycles. The summed E-state index contributed by atoms with van der Waals surface area (Å²) in [5.41, 5.74) is -1.17. The van der Waals surface area contributed by atoms with E-state index in [1.165, 1.54) is 12.1 Å². The predicted molar refractivity (Wildman–Crippen MR) is 88.5 cm³/mol. The second kappa shape index (κ2) is 7.60. The highest BCUT2D eigenvalue weighted by molar-refractivity contribution is 14.1. The normalized spacial score (nSPS) is 15.2. The number of rotatable bonds is 3. The van der Waals surface area contributed by atoms with Gasteiger partial charge in [0.05, 0.1) is 32.0 Å². The van der Waals surface area contributed by atoms with Gasteiger partial charge in [-0.3, -0.25) is 0 Å². The van der Waals surface area contributed by atoms with E-state index in [9.17, 15) is 22.8 Å². The van der Waals surface area contributed by atoms with Crippen LogP contribution >= 0.6 is 22.6 Å². The smallest absolute Gasteiger partial charge is 0.417 e. The molecule has 0 saturated carbocycles. The Morgan fingerprint density at radius 2 is 1.84 bits per heavy atom. The molecule has 0 N–H and O–H groups in total. The minimum atomic E-state index is -4.57. The van der Waals surface area contributed by atoms with Crippen LogP contribution in [-0.2, 0) is 30.0 Å². The summed E-state index contributed by atoms with van der Waals surface area (Å²) < 4.78 is 53.9. The van der Waals surface area contributed by atoms with Gasteiger partial charge >= 0.3 is 18.1 Å². The molecular weight excluding hydrogens is 458 g/mol. The molecule has 0 amide bonds. The maximum Gasteiger partial charge on any atom is 0.417 e. The molecule has 0 radical (unpaired) electrons. The summed E-state index contributed by atoms with van der Waals surface area (Å²) in [5.74, 6) is -1.71. The molecule has 1 aliphatic heterocycles. The highest BCUT2D eigenvalue weighted by Crippen LogP contribution is 2.36. The standard InChI is InChI=1S/C15H13F3INO5/c1-23-13(21)9-6-25-7-20(12(9)14(22)24-2)8-3-4-11(19)10(5-8)15(16,17)18/h3-5H,6-7H2,1-2H3. The summed E-state index contributed by atoms with van der Waals surface area (Å²) in [7, 11) is 2.22. The first-order valence-corrected chi connectivity index (χ1v) is 7.90. The zero-order valence-electron chi connectivity index (χ0n) is 13.1. The fraction of sp³-hybridized carbons (Fsp3) is 0.333. The Bertz CT molecular complexity index is 732. The molecule has 25 heavy (non-hydrogen) atoms. The number of anilines is 1. The summed E-state index contributed by atoms with van der Waals surface area (Å²) >= 11 is 1.57. The van der Waals surface area contributed by atoms with E-state index >= 15 is 0 Å². The van der Waals surface area contributed by atoms with Crippen molar-refractivity contribution in [2.24, 2.45) is 0 Å². The van der Waals surface area contributed by atoms with E-state index in [-0.39, 0.29) is 33.9 Å². The summed E-state index contributed by atoms with van der Waals surface area (Å²) in [6, 6.07) is 3.54. The zero-order chi connectivity index (χ0) is 18.8. The molecule has 0 bridgehead atoms. The van der Waals surface area contributed by atoms with Crippen LogP contribution in [0.15, 0.2) is 29.5 Å². The molecule has 0 fully saturated rings. The van der Waals surface area contributed by atoms with Gasteiger partial charge in [0, 0.05) is 9.26 Å². The third kappa shape index (κ3) is 4.06. The van der Waals surface area contributed by atoms with Gasteiger partial charge in [0.25, 0.3) is 0 Å². The Morgan fingerprint density at radius 3 is 2.40 bits per heavy atom. The van der Waals surface area contributed by atoms with Crippen molar-refractivity contribution in [2.45, 2.75) is 6.18 Å². The first kappa shape index (κ1) is 19.5. The molecule has 1 aromatic carbocycles. The molecule has 0 saturated heterocycles. The van der Waals surface area contributed by atoms with Crippen LogP contribution in [0.3, 0.4) is 0 Å². The van der Waals surface area contributed by atoms with Crippen LogP contribution in [0.4, 0.5) is 18.9 Å². The van der Waals surface area contributed by atoms with Crippen LogP contribution in [0.2, 0.25) is 0 Å². The minimum Gasteiger partial charge on any atom is -0.466 e. The molecule has 136 valence electrons. The average molecular weight is 471 g/mol. The van der Waals surface area contributed by atoms with Crippen molar-refractivity contribution < 1.29 is 37.0 Å². The fourth-order valence-electron chi connectivity index (χ4n) is 2.25. The Kier molecular flexibility index (Phi) is 5.93. The molecule has 0 atom stereocenters. The second-order valence-electron chi connectivity index (χ2n) is 4.88. The van der Waals surface area contributed by atoms with Crippen molar-refractivity contribution in [3.63, 3.8) is 0 Å². The van der Waals surface area contributed by atoms with E-state index in [4.69, 9.17) is 4.74 Å². The van der Waals surface area contributed by atoms with E-state index < -0.39 is 23.7 Å². The van der Waals surface area contributed by atoms with Crippen molar-refractivity contribution in [1.82, 2.24) is 0 Å². The maximum absolute atomic E-state index is 13.1. The molecule has 10 heteroatoms. The minimum absolute atomic E-state index is 0.00330. The molecule has 1 aromatic rings. The summed E-state index contributed by atoms with van der Waals surface area (Å²) in [6.45, 7) is -0.438. The van der Waals surface area contributed by atoms with E-state index in [2.05, 4.69) is 9.47 Å². The third-order valence-electron chi connectivity index (χ3n) is 3.40. The van der Waals surface area contributed by atoms with Crippen LogP contribution in [0, 0.1) is 3.57 Å². The van der Waals surface area contributed by atoms with Crippen LogP contribution in [-0.4, -0.2) is 39.5 Å². The number of halogens is 4.